The fraction of sp³-hybridized carbons (Fsp3) is 0.278. The highest BCUT2D eigenvalue weighted by molar-refractivity contribution is 5.97. The number of carbonyl (C=O) groups excluding carboxylic acids is 1. The summed E-state index contributed by atoms with van der Waals surface area (Å²) in [6.45, 7) is 4.59. The maximum absolute atomic E-state index is 12.3. The molecular weight excluding hydrogens is 278 g/mol. The molecule has 0 saturated carbocycles. The Balaban J connectivity index is 2.10. The molecule has 0 spiro atoms. The third kappa shape index (κ3) is 3.58. The van der Waals surface area contributed by atoms with Crippen LogP contribution in [0.5, 0.6) is 11.5 Å². The maximum atomic E-state index is 12.3. The zero-order valence-electron chi connectivity index (χ0n) is 13.1. The summed E-state index contributed by atoms with van der Waals surface area (Å²) < 4.78 is 5.08. The van der Waals surface area contributed by atoms with Crippen molar-refractivity contribution in [3.63, 3.8) is 0 Å². The Morgan fingerprint density at radius 2 is 1.86 bits per heavy atom. The van der Waals surface area contributed by atoms with Gasteiger partial charge in [-0.2, -0.15) is 0 Å². The maximum Gasteiger partial charge on any atom is 0.255 e. The normalized spacial score (nSPS) is 11.0. The standard InChI is InChI=1S/C18H21NO3/c1-18(2,13-7-5-4-6-8-13)12-19-17(21)15-11-14(22-3)9-10-16(15)20/h4-11,20H,12H2,1-3H3,(H,19,21). The third-order valence-corrected chi connectivity index (χ3v) is 3.69. The van der Waals surface area contributed by atoms with Crippen molar-refractivity contribution in [1.82, 2.24) is 5.32 Å². The summed E-state index contributed by atoms with van der Waals surface area (Å²) in [5.74, 6) is 0.154. The molecule has 116 valence electrons. The van der Waals surface area contributed by atoms with Gasteiger partial charge in [0.05, 0.1) is 12.7 Å². The van der Waals surface area contributed by atoms with Crippen LogP contribution in [0.25, 0.3) is 0 Å². The van der Waals surface area contributed by atoms with Crippen LogP contribution in [0.3, 0.4) is 0 Å². The predicted molar refractivity (Wildman–Crippen MR) is 86.5 cm³/mol. The molecule has 0 aliphatic heterocycles. The van der Waals surface area contributed by atoms with E-state index >= 15 is 0 Å². The van der Waals surface area contributed by atoms with Crippen molar-refractivity contribution in [3.05, 3.63) is 59.7 Å². The van der Waals surface area contributed by atoms with E-state index in [0.29, 0.717) is 12.3 Å². The highest BCUT2D eigenvalue weighted by Gasteiger charge is 2.22. The van der Waals surface area contributed by atoms with Crippen molar-refractivity contribution in [3.8, 4) is 11.5 Å². The minimum atomic E-state index is -0.319. The van der Waals surface area contributed by atoms with Gasteiger partial charge in [0.2, 0.25) is 0 Å². The molecule has 0 bridgehead atoms. The van der Waals surface area contributed by atoms with Gasteiger partial charge in [0.15, 0.2) is 0 Å². The Kier molecular flexibility index (Phi) is 4.71. The number of hydrogen-bond acceptors (Lipinski definition) is 3. The number of methoxy groups -OCH3 is 1. The molecule has 0 aromatic heterocycles. The summed E-state index contributed by atoms with van der Waals surface area (Å²) in [6.07, 6.45) is 0. The number of phenolic OH excluding ortho intramolecular Hbond substituents is 1. The van der Waals surface area contributed by atoms with E-state index < -0.39 is 0 Å². The van der Waals surface area contributed by atoms with Crippen LogP contribution in [0.1, 0.15) is 29.8 Å². The van der Waals surface area contributed by atoms with Gasteiger partial charge in [0.25, 0.3) is 5.91 Å². The number of benzene rings is 2. The second-order valence-electron chi connectivity index (χ2n) is 5.82. The van der Waals surface area contributed by atoms with E-state index in [0.717, 1.165) is 5.56 Å². The molecule has 4 heteroatoms. The molecule has 0 aliphatic rings. The van der Waals surface area contributed by atoms with Gasteiger partial charge in [-0.3, -0.25) is 4.79 Å². The molecule has 1 amide bonds. The number of nitrogens with one attached hydrogen (secondary N) is 1. The van der Waals surface area contributed by atoms with Crippen molar-refractivity contribution < 1.29 is 14.6 Å². The molecule has 22 heavy (non-hydrogen) atoms. The van der Waals surface area contributed by atoms with Crippen LogP contribution < -0.4 is 10.1 Å². The lowest BCUT2D eigenvalue weighted by Gasteiger charge is -2.25. The number of ether oxygens (including phenoxy) is 1. The first-order chi connectivity index (χ1) is 10.4. The molecular formula is C18H21NO3. The fourth-order valence-electron chi connectivity index (χ4n) is 2.21. The molecule has 0 heterocycles. The molecule has 0 aliphatic carbocycles. The monoisotopic (exact) mass is 299 g/mol. The number of rotatable bonds is 5. The lowest BCUT2D eigenvalue weighted by Crippen LogP contribution is -2.36. The first-order valence-corrected chi connectivity index (χ1v) is 7.15. The van der Waals surface area contributed by atoms with Crippen LogP contribution in [0.15, 0.2) is 48.5 Å². The third-order valence-electron chi connectivity index (χ3n) is 3.69. The van der Waals surface area contributed by atoms with E-state index in [1.807, 2.05) is 30.3 Å². The van der Waals surface area contributed by atoms with Crippen LogP contribution in [-0.2, 0) is 5.41 Å². The Morgan fingerprint density at radius 1 is 1.18 bits per heavy atom. The highest BCUT2D eigenvalue weighted by atomic mass is 16.5. The first kappa shape index (κ1) is 15.9. The summed E-state index contributed by atoms with van der Waals surface area (Å²) in [7, 11) is 1.52. The quantitative estimate of drug-likeness (QED) is 0.892. The lowest BCUT2D eigenvalue weighted by atomic mass is 9.84. The van der Waals surface area contributed by atoms with Crippen molar-refractivity contribution in [2.45, 2.75) is 19.3 Å². The molecule has 0 radical (unpaired) electrons. The SMILES string of the molecule is COc1ccc(O)c(C(=O)NCC(C)(C)c2ccccc2)c1. The number of carbonyl (C=O) groups is 1. The summed E-state index contributed by atoms with van der Waals surface area (Å²) >= 11 is 0. The van der Waals surface area contributed by atoms with E-state index in [2.05, 4.69) is 19.2 Å². The highest BCUT2D eigenvalue weighted by Crippen LogP contribution is 2.24. The van der Waals surface area contributed by atoms with Gasteiger partial charge in [-0.25, -0.2) is 0 Å². The summed E-state index contributed by atoms with van der Waals surface area (Å²) in [6, 6.07) is 14.6. The topological polar surface area (TPSA) is 58.6 Å². The van der Waals surface area contributed by atoms with Crippen molar-refractivity contribution >= 4 is 5.91 Å². The summed E-state index contributed by atoms with van der Waals surface area (Å²) in [5, 5.41) is 12.7. The summed E-state index contributed by atoms with van der Waals surface area (Å²) in [4.78, 5) is 12.3. The van der Waals surface area contributed by atoms with Crippen LogP contribution in [-0.4, -0.2) is 24.7 Å². The number of aromatic hydroxyl groups is 1. The van der Waals surface area contributed by atoms with Gasteiger partial charge in [-0.05, 0) is 23.8 Å². The fourth-order valence-corrected chi connectivity index (χ4v) is 2.21. The number of hydrogen-bond donors (Lipinski definition) is 2. The van der Waals surface area contributed by atoms with E-state index in [9.17, 15) is 9.90 Å². The predicted octanol–water partition coefficient (Wildman–Crippen LogP) is 3.11. The zero-order valence-corrected chi connectivity index (χ0v) is 13.1. The second-order valence-corrected chi connectivity index (χ2v) is 5.82. The van der Waals surface area contributed by atoms with Gasteiger partial charge < -0.3 is 15.2 Å². The second kappa shape index (κ2) is 6.52. The van der Waals surface area contributed by atoms with E-state index in [1.165, 1.54) is 19.2 Å². The van der Waals surface area contributed by atoms with Gasteiger partial charge in [-0.1, -0.05) is 44.2 Å². The minimum absolute atomic E-state index is 0.0594. The average molecular weight is 299 g/mol. The van der Waals surface area contributed by atoms with Crippen LogP contribution in [0.4, 0.5) is 0 Å². The Morgan fingerprint density at radius 3 is 2.50 bits per heavy atom. The molecule has 2 N–H and O–H groups in total. The first-order valence-electron chi connectivity index (χ1n) is 7.15. The Labute approximate surface area is 130 Å². The Hall–Kier alpha value is -2.49. The van der Waals surface area contributed by atoms with Gasteiger partial charge in [-0.15, -0.1) is 0 Å². The summed E-state index contributed by atoms with van der Waals surface area (Å²) in [5.41, 5.74) is 1.15. The molecule has 0 atom stereocenters. The zero-order chi connectivity index (χ0) is 16.2. The van der Waals surface area contributed by atoms with Gasteiger partial charge >= 0.3 is 0 Å². The number of amides is 1. The molecule has 0 fully saturated rings. The van der Waals surface area contributed by atoms with Crippen LogP contribution >= 0.6 is 0 Å². The largest absolute Gasteiger partial charge is 0.507 e. The van der Waals surface area contributed by atoms with Gasteiger partial charge in [0, 0.05) is 12.0 Å². The van der Waals surface area contributed by atoms with Crippen molar-refractivity contribution in [2.75, 3.05) is 13.7 Å². The van der Waals surface area contributed by atoms with E-state index in [4.69, 9.17) is 4.74 Å². The van der Waals surface area contributed by atoms with Crippen molar-refractivity contribution in [2.24, 2.45) is 0 Å². The van der Waals surface area contributed by atoms with Crippen LogP contribution in [0.2, 0.25) is 0 Å². The molecule has 2 aromatic rings. The van der Waals surface area contributed by atoms with E-state index in [1.54, 1.807) is 6.07 Å². The molecule has 0 unspecified atom stereocenters. The van der Waals surface area contributed by atoms with Crippen molar-refractivity contribution in [1.29, 1.82) is 0 Å². The van der Waals surface area contributed by atoms with Gasteiger partial charge in [0.1, 0.15) is 11.5 Å². The average Bonchev–Trinajstić information content (AvgIpc) is 2.54. The number of phenols is 1. The minimum Gasteiger partial charge on any atom is -0.507 e. The lowest BCUT2D eigenvalue weighted by molar-refractivity contribution is 0.0942. The smallest absolute Gasteiger partial charge is 0.255 e. The Bertz CT molecular complexity index is 651. The molecule has 2 aromatic carbocycles. The van der Waals surface area contributed by atoms with E-state index in [-0.39, 0.29) is 22.6 Å². The molecule has 0 saturated heterocycles. The molecule has 2 rings (SSSR count). The van der Waals surface area contributed by atoms with Crippen LogP contribution in [0, 0.1) is 0 Å². The molecule has 4 nitrogen and oxygen atoms in total.